The molecular weight excluding hydrogens is 208 g/mol. The summed E-state index contributed by atoms with van der Waals surface area (Å²) in [5, 5.41) is 0. The predicted octanol–water partition coefficient (Wildman–Crippen LogP) is 1.67. The van der Waals surface area contributed by atoms with Gasteiger partial charge in [-0.2, -0.15) is 0 Å². The maximum Gasteiger partial charge on any atom is 0.161 e. The van der Waals surface area contributed by atoms with E-state index < -0.39 is 0 Å². The highest BCUT2D eigenvalue weighted by Gasteiger charge is 2.09. The van der Waals surface area contributed by atoms with Crippen molar-refractivity contribution in [3.63, 3.8) is 0 Å². The summed E-state index contributed by atoms with van der Waals surface area (Å²) in [5.74, 6) is 0.292. The van der Waals surface area contributed by atoms with Gasteiger partial charge in [0.2, 0.25) is 0 Å². The van der Waals surface area contributed by atoms with Gasteiger partial charge in [-0.05, 0) is 12.8 Å². The van der Waals surface area contributed by atoms with Crippen LogP contribution < -0.4 is 0 Å². The van der Waals surface area contributed by atoms with Crippen molar-refractivity contribution in [1.82, 2.24) is 0 Å². The Morgan fingerprint density at radius 3 is 2.44 bits per heavy atom. The summed E-state index contributed by atoms with van der Waals surface area (Å²) in [6.45, 7) is 6.63. The third-order valence-electron chi connectivity index (χ3n) is 2.42. The number of ketones is 1. The van der Waals surface area contributed by atoms with Gasteiger partial charge in [0.1, 0.15) is 6.61 Å². The van der Waals surface area contributed by atoms with Crippen LogP contribution in [0.5, 0.6) is 0 Å². The molecule has 0 spiro atoms. The SMILES string of the molecule is CCC(C)C(=O)COCCCOCCOC. The second-order valence-corrected chi connectivity index (χ2v) is 3.79. The molecule has 16 heavy (non-hydrogen) atoms. The largest absolute Gasteiger partial charge is 0.382 e. The molecule has 0 aromatic heterocycles. The van der Waals surface area contributed by atoms with Crippen molar-refractivity contribution in [2.45, 2.75) is 26.7 Å². The summed E-state index contributed by atoms with van der Waals surface area (Å²) in [5.41, 5.74) is 0. The van der Waals surface area contributed by atoms with Crippen molar-refractivity contribution in [2.24, 2.45) is 5.92 Å². The molecule has 0 saturated heterocycles. The first-order chi connectivity index (χ1) is 7.72. The summed E-state index contributed by atoms with van der Waals surface area (Å²) < 4.78 is 15.4. The molecule has 0 aliphatic heterocycles. The summed E-state index contributed by atoms with van der Waals surface area (Å²) in [7, 11) is 1.65. The maximum atomic E-state index is 11.4. The molecule has 0 aromatic rings. The monoisotopic (exact) mass is 232 g/mol. The molecule has 4 nitrogen and oxygen atoms in total. The molecule has 0 N–H and O–H groups in total. The van der Waals surface area contributed by atoms with Gasteiger partial charge in [0.05, 0.1) is 13.2 Å². The second-order valence-electron chi connectivity index (χ2n) is 3.79. The van der Waals surface area contributed by atoms with E-state index in [9.17, 15) is 4.79 Å². The third kappa shape index (κ3) is 8.83. The Morgan fingerprint density at radius 1 is 1.12 bits per heavy atom. The van der Waals surface area contributed by atoms with Crippen molar-refractivity contribution >= 4 is 5.78 Å². The molecule has 4 heteroatoms. The molecule has 1 unspecified atom stereocenters. The van der Waals surface area contributed by atoms with Crippen molar-refractivity contribution in [1.29, 1.82) is 0 Å². The quantitative estimate of drug-likeness (QED) is 0.508. The van der Waals surface area contributed by atoms with Crippen LogP contribution in [-0.2, 0) is 19.0 Å². The van der Waals surface area contributed by atoms with Crippen LogP contribution in [0.15, 0.2) is 0 Å². The number of methoxy groups -OCH3 is 1. The fourth-order valence-corrected chi connectivity index (χ4v) is 1.05. The van der Waals surface area contributed by atoms with E-state index in [0.29, 0.717) is 26.4 Å². The molecule has 0 rings (SSSR count). The number of ether oxygens (including phenoxy) is 3. The first-order valence-corrected chi connectivity index (χ1v) is 5.89. The topological polar surface area (TPSA) is 44.8 Å². The second kappa shape index (κ2) is 11.0. The van der Waals surface area contributed by atoms with Crippen LogP contribution in [-0.4, -0.2) is 45.9 Å². The van der Waals surface area contributed by atoms with E-state index in [-0.39, 0.29) is 18.3 Å². The van der Waals surface area contributed by atoms with Gasteiger partial charge in [-0.15, -0.1) is 0 Å². The van der Waals surface area contributed by atoms with E-state index >= 15 is 0 Å². The van der Waals surface area contributed by atoms with Gasteiger partial charge < -0.3 is 14.2 Å². The standard InChI is InChI=1S/C12H24O4/c1-4-11(2)12(13)10-16-7-5-6-15-9-8-14-3/h11H,4-10H2,1-3H3. The Hall–Kier alpha value is -0.450. The Kier molecular flexibility index (Phi) is 10.7. The third-order valence-corrected chi connectivity index (χ3v) is 2.42. The molecule has 1 atom stereocenters. The number of rotatable bonds is 11. The van der Waals surface area contributed by atoms with Crippen molar-refractivity contribution in [3.05, 3.63) is 0 Å². The smallest absolute Gasteiger partial charge is 0.161 e. The minimum atomic E-state index is 0.109. The van der Waals surface area contributed by atoms with Gasteiger partial charge in [-0.3, -0.25) is 4.79 Å². The number of hydrogen-bond donors (Lipinski definition) is 0. The Balaban J connectivity index is 3.18. The van der Waals surface area contributed by atoms with Crippen molar-refractivity contribution < 1.29 is 19.0 Å². The van der Waals surface area contributed by atoms with Gasteiger partial charge in [-0.1, -0.05) is 13.8 Å². The minimum absolute atomic E-state index is 0.109. The molecule has 0 fully saturated rings. The molecular formula is C12H24O4. The molecule has 0 aliphatic rings. The van der Waals surface area contributed by atoms with E-state index in [0.717, 1.165) is 12.8 Å². The van der Waals surface area contributed by atoms with E-state index in [2.05, 4.69) is 0 Å². The van der Waals surface area contributed by atoms with Gasteiger partial charge in [-0.25, -0.2) is 0 Å². The normalized spacial score (nSPS) is 12.7. The fourth-order valence-electron chi connectivity index (χ4n) is 1.05. The van der Waals surface area contributed by atoms with Gasteiger partial charge in [0, 0.05) is 26.2 Å². The van der Waals surface area contributed by atoms with Crippen LogP contribution >= 0.6 is 0 Å². The molecule has 0 bridgehead atoms. The highest BCUT2D eigenvalue weighted by molar-refractivity contribution is 5.81. The van der Waals surface area contributed by atoms with Crippen LogP contribution in [0, 0.1) is 5.92 Å². The number of carbonyl (C=O) groups excluding carboxylic acids is 1. The Morgan fingerprint density at radius 2 is 1.81 bits per heavy atom. The lowest BCUT2D eigenvalue weighted by Gasteiger charge is -2.08. The van der Waals surface area contributed by atoms with Gasteiger partial charge in [0.15, 0.2) is 5.78 Å². The molecule has 96 valence electrons. The summed E-state index contributed by atoms with van der Waals surface area (Å²) in [6.07, 6.45) is 1.69. The van der Waals surface area contributed by atoms with Gasteiger partial charge in [0.25, 0.3) is 0 Å². The van der Waals surface area contributed by atoms with Crippen LogP contribution in [0.3, 0.4) is 0 Å². The summed E-state index contributed by atoms with van der Waals surface area (Å²) in [6, 6.07) is 0. The Bertz CT molecular complexity index is 170. The van der Waals surface area contributed by atoms with Crippen LogP contribution in [0.2, 0.25) is 0 Å². The zero-order chi connectivity index (χ0) is 12.2. The lowest BCUT2D eigenvalue weighted by molar-refractivity contribution is -0.127. The van der Waals surface area contributed by atoms with E-state index in [1.807, 2.05) is 13.8 Å². The highest BCUT2D eigenvalue weighted by Crippen LogP contribution is 2.02. The van der Waals surface area contributed by atoms with E-state index in [4.69, 9.17) is 14.2 Å². The lowest BCUT2D eigenvalue weighted by Crippen LogP contribution is -2.17. The lowest BCUT2D eigenvalue weighted by atomic mass is 10.1. The van der Waals surface area contributed by atoms with Crippen LogP contribution in [0.4, 0.5) is 0 Å². The van der Waals surface area contributed by atoms with Crippen LogP contribution in [0.25, 0.3) is 0 Å². The van der Waals surface area contributed by atoms with Crippen molar-refractivity contribution in [3.8, 4) is 0 Å². The van der Waals surface area contributed by atoms with E-state index in [1.165, 1.54) is 0 Å². The molecule has 0 saturated carbocycles. The molecule has 0 heterocycles. The fraction of sp³-hybridized carbons (Fsp3) is 0.917. The van der Waals surface area contributed by atoms with Gasteiger partial charge >= 0.3 is 0 Å². The number of Topliss-reactive ketones (excluding diaryl/α,β-unsaturated/α-hetero) is 1. The van der Waals surface area contributed by atoms with Crippen LogP contribution in [0.1, 0.15) is 26.7 Å². The predicted molar refractivity (Wildman–Crippen MR) is 62.6 cm³/mol. The summed E-state index contributed by atoms with van der Waals surface area (Å²) >= 11 is 0. The maximum absolute atomic E-state index is 11.4. The molecule has 0 aliphatic carbocycles. The molecule has 0 radical (unpaired) electrons. The highest BCUT2D eigenvalue weighted by atomic mass is 16.5. The zero-order valence-electron chi connectivity index (χ0n) is 10.7. The van der Waals surface area contributed by atoms with Crippen molar-refractivity contribution in [2.75, 3.05) is 40.1 Å². The minimum Gasteiger partial charge on any atom is -0.382 e. The zero-order valence-corrected chi connectivity index (χ0v) is 10.7. The molecule has 0 aromatic carbocycles. The first kappa shape index (κ1) is 15.6. The number of hydrogen-bond acceptors (Lipinski definition) is 4. The Labute approximate surface area is 98.3 Å². The van der Waals surface area contributed by atoms with E-state index in [1.54, 1.807) is 7.11 Å². The first-order valence-electron chi connectivity index (χ1n) is 5.89. The number of carbonyl (C=O) groups is 1. The average Bonchev–Trinajstić information content (AvgIpc) is 2.31. The summed E-state index contributed by atoms with van der Waals surface area (Å²) in [4.78, 5) is 11.4. The average molecular weight is 232 g/mol. The molecule has 0 amide bonds.